The lowest BCUT2D eigenvalue weighted by Gasteiger charge is -2.28. The number of ether oxygens (including phenoxy) is 1. The van der Waals surface area contributed by atoms with Crippen molar-refractivity contribution in [2.24, 2.45) is 11.8 Å². The fourth-order valence-electron chi connectivity index (χ4n) is 4.40. The van der Waals surface area contributed by atoms with E-state index in [2.05, 4.69) is 0 Å². The molecule has 0 aliphatic heterocycles. The molecule has 2 aliphatic carbocycles. The van der Waals surface area contributed by atoms with Crippen LogP contribution < -0.4 is 0 Å². The van der Waals surface area contributed by atoms with E-state index < -0.39 is 12.2 Å². The van der Waals surface area contributed by atoms with Crippen molar-refractivity contribution in [2.75, 3.05) is 6.61 Å². The molecule has 5 atom stereocenters. The van der Waals surface area contributed by atoms with Crippen LogP contribution in [0.2, 0.25) is 0 Å². The zero-order chi connectivity index (χ0) is 18.8. The van der Waals surface area contributed by atoms with Crippen molar-refractivity contribution in [3.63, 3.8) is 0 Å². The lowest BCUT2D eigenvalue weighted by molar-refractivity contribution is -0.153. The average molecular weight is 371 g/mol. The number of unbranched alkanes of at least 4 members (excludes halogenated alkanes) is 5. The normalized spacial score (nSPS) is 32.3. The first-order valence-electron chi connectivity index (χ1n) is 10.8. The first kappa shape index (κ1) is 21.6. The highest BCUT2D eigenvalue weighted by molar-refractivity contribution is 5.72. The maximum absolute atomic E-state index is 12.0. The number of esters is 1. The summed E-state index contributed by atoms with van der Waals surface area (Å²) in [6.07, 6.45) is 12.5. The number of carbonyl (C=O) groups excluding carboxylic acids is 1. The molecule has 0 amide bonds. The summed E-state index contributed by atoms with van der Waals surface area (Å²) in [7, 11) is 0. The molecule has 0 aromatic carbocycles. The Bertz CT molecular complexity index is 400. The van der Waals surface area contributed by atoms with Gasteiger partial charge in [-0.15, -0.1) is 0 Å². The number of aliphatic hydroxyl groups excluding tert-OH is 3. The Hall–Kier alpha value is -0.650. The first-order valence-corrected chi connectivity index (χ1v) is 10.8. The van der Waals surface area contributed by atoms with Gasteiger partial charge in [0, 0.05) is 0 Å². The Morgan fingerprint density at radius 2 is 1.54 bits per heavy atom. The lowest BCUT2D eigenvalue weighted by atomic mass is 9.84. The van der Waals surface area contributed by atoms with E-state index >= 15 is 0 Å². The lowest BCUT2D eigenvalue weighted by Crippen LogP contribution is -2.37. The van der Waals surface area contributed by atoms with Crippen LogP contribution in [0.5, 0.6) is 0 Å². The quantitative estimate of drug-likeness (QED) is 0.405. The van der Waals surface area contributed by atoms with Crippen molar-refractivity contribution in [3.8, 4) is 0 Å². The molecule has 0 aromatic heterocycles. The van der Waals surface area contributed by atoms with Crippen LogP contribution in [-0.2, 0) is 9.53 Å². The van der Waals surface area contributed by atoms with Crippen LogP contribution in [0.1, 0.15) is 89.9 Å². The van der Waals surface area contributed by atoms with E-state index in [0.29, 0.717) is 25.9 Å². The Kier molecular flexibility index (Phi) is 9.94. The molecule has 2 saturated carbocycles. The molecular formula is C21H38O5. The molecule has 0 spiro atoms. The molecule has 0 aromatic rings. The molecule has 5 heteroatoms. The van der Waals surface area contributed by atoms with Gasteiger partial charge in [-0.25, -0.2) is 0 Å². The molecule has 2 aliphatic rings. The van der Waals surface area contributed by atoms with Gasteiger partial charge >= 0.3 is 5.97 Å². The van der Waals surface area contributed by atoms with E-state index in [1.54, 1.807) is 0 Å². The largest absolute Gasteiger partial charge is 0.465 e. The maximum Gasteiger partial charge on any atom is 0.309 e. The Morgan fingerprint density at radius 3 is 2.27 bits per heavy atom. The summed E-state index contributed by atoms with van der Waals surface area (Å²) in [6.45, 7) is 0.466. The number of rotatable bonds is 10. The third kappa shape index (κ3) is 7.93. The SMILES string of the molecule is O=C(OCCCCCCCCC1CCCC(O)C1)C1CCC(O)C(O)C1. The van der Waals surface area contributed by atoms with Gasteiger partial charge in [0.1, 0.15) is 0 Å². The number of hydrogen-bond donors (Lipinski definition) is 3. The summed E-state index contributed by atoms with van der Waals surface area (Å²) in [6, 6.07) is 0. The standard InChI is InChI=1S/C21H38O5/c22-18-10-7-9-16(14-18)8-5-3-1-2-4-6-13-26-21(25)17-11-12-19(23)20(24)15-17/h16-20,22-24H,1-15H2. The van der Waals surface area contributed by atoms with Crippen molar-refractivity contribution in [3.05, 3.63) is 0 Å². The van der Waals surface area contributed by atoms with E-state index in [9.17, 15) is 20.1 Å². The minimum atomic E-state index is -0.793. The molecule has 0 saturated heterocycles. The van der Waals surface area contributed by atoms with Crippen LogP contribution in [-0.4, -0.2) is 46.2 Å². The van der Waals surface area contributed by atoms with E-state index in [1.165, 1.54) is 44.9 Å². The number of carbonyl (C=O) groups is 1. The first-order chi connectivity index (χ1) is 12.6. The Labute approximate surface area is 158 Å². The molecule has 0 heterocycles. The molecule has 3 N–H and O–H groups in total. The van der Waals surface area contributed by atoms with Crippen LogP contribution in [0.4, 0.5) is 0 Å². The molecule has 0 radical (unpaired) electrons. The summed E-state index contributed by atoms with van der Waals surface area (Å²) in [5.41, 5.74) is 0. The minimum absolute atomic E-state index is 0.0570. The smallest absolute Gasteiger partial charge is 0.309 e. The highest BCUT2D eigenvalue weighted by Crippen LogP contribution is 2.28. The molecule has 26 heavy (non-hydrogen) atoms. The van der Waals surface area contributed by atoms with Gasteiger partial charge in [-0.2, -0.15) is 0 Å². The third-order valence-corrected chi connectivity index (χ3v) is 6.12. The second-order valence-electron chi connectivity index (χ2n) is 8.41. The summed E-state index contributed by atoms with van der Waals surface area (Å²) < 4.78 is 5.33. The highest BCUT2D eigenvalue weighted by atomic mass is 16.5. The van der Waals surface area contributed by atoms with E-state index in [-0.39, 0.29) is 18.0 Å². The summed E-state index contributed by atoms with van der Waals surface area (Å²) in [5, 5.41) is 28.8. The predicted octanol–water partition coefficient (Wildman–Crippen LogP) is 3.33. The van der Waals surface area contributed by atoms with Crippen molar-refractivity contribution in [1.82, 2.24) is 0 Å². The second kappa shape index (κ2) is 11.9. The number of hydrogen-bond acceptors (Lipinski definition) is 5. The average Bonchev–Trinajstić information content (AvgIpc) is 2.62. The van der Waals surface area contributed by atoms with Crippen molar-refractivity contribution >= 4 is 5.97 Å². The summed E-state index contributed by atoms with van der Waals surface area (Å²) >= 11 is 0. The van der Waals surface area contributed by atoms with Gasteiger partial charge in [-0.3, -0.25) is 4.79 Å². The predicted molar refractivity (Wildman–Crippen MR) is 101 cm³/mol. The van der Waals surface area contributed by atoms with Crippen LogP contribution in [0, 0.1) is 11.8 Å². The highest BCUT2D eigenvalue weighted by Gasteiger charge is 2.32. The topological polar surface area (TPSA) is 87.0 Å². The van der Waals surface area contributed by atoms with Crippen LogP contribution in [0.15, 0.2) is 0 Å². The van der Waals surface area contributed by atoms with E-state index in [0.717, 1.165) is 31.6 Å². The molecule has 152 valence electrons. The van der Waals surface area contributed by atoms with Gasteiger partial charge in [0.2, 0.25) is 0 Å². The van der Waals surface area contributed by atoms with Gasteiger partial charge in [0.25, 0.3) is 0 Å². The van der Waals surface area contributed by atoms with Crippen molar-refractivity contribution < 1.29 is 24.9 Å². The maximum atomic E-state index is 12.0. The van der Waals surface area contributed by atoms with Crippen LogP contribution >= 0.6 is 0 Å². The van der Waals surface area contributed by atoms with Gasteiger partial charge in [-0.1, -0.05) is 51.4 Å². The fourth-order valence-corrected chi connectivity index (χ4v) is 4.40. The Morgan fingerprint density at radius 1 is 0.808 bits per heavy atom. The molecule has 0 bridgehead atoms. The fraction of sp³-hybridized carbons (Fsp3) is 0.952. The van der Waals surface area contributed by atoms with Gasteiger partial charge in [0.15, 0.2) is 0 Å². The van der Waals surface area contributed by atoms with Crippen molar-refractivity contribution in [1.29, 1.82) is 0 Å². The van der Waals surface area contributed by atoms with Crippen LogP contribution in [0.25, 0.3) is 0 Å². The zero-order valence-electron chi connectivity index (χ0n) is 16.2. The summed E-state index contributed by atoms with van der Waals surface area (Å²) in [4.78, 5) is 12.0. The molecule has 5 nitrogen and oxygen atoms in total. The molecule has 2 rings (SSSR count). The van der Waals surface area contributed by atoms with Gasteiger partial charge in [0.05, 0.1) is 30.8 Å². The second-order valence-corrected chi connectivity index (χ2v) is 8.41. The van der Waals surface area contributed by atoms with E-state index in [4.69, 9.17) is 4.74 Å². The monoisotopic (exact) mass is 370 g/mol. The molecule has 5 unspecified atom stereocenters. The van der Waals surface area contributed by atoms with Gasteiger partial charge < -0.3 is 20.1 Å². The van der Waals surface area contributed by atoms with Crippen molar-refractivity contribution in [2.45, 2.75) is 108 Å². The zero-order valence-corrected chi connectivity index (χ0v) is 16.2. The summed E-state index contributed by atoms with van der Waals surface area (Å²) in [5.74, 6) is 0.259. The molecule has 2 fully saturated rings. The van der Waals surface area contributed by atoms with Gasteiger partial charge in [-0.05, 0) is 44.4 Å². The van der Waals surface area contributed by atoms with E-state index in [1.807, 2.05) is 0 Å². The molecular weight excluding hydrogens is 332 g/mol. The van der Waals surface area contributed by atoms with Crippen LogP contribution in [0.3, 0.4) is 0 Å². The minimum Gasteiger partial charge on any atom is -0.465 e. The Balaban J connectivity index is 1.39. The third-order valence-electron chi connectivity index (χ3n) is 6.12. The number of aliphatic hydroxyl groups is 3.